The molecule has 0 aliphatic carbocycles. The van der Waals surface area contributed by atoms with Gasteiger partial charge in [-0.1, -0.05) is 12.7 Å². The lowest BCUT2D eigenvalue weighted by atomic mass is 10.2. The Labute approximate surface area is 81.3 Å². The number of ether oxygens (including phenoxy) is 1. The zero-order valence-corrected chi connectivity index (χ0v) is 8.01. The quantitative estimate of drug-likeness (QED) is 0.673. The molecule has 0 atom stereocenters. The Morgan fingerprint density at radius 3 is 3.15 bits per heavy atom. The molecule has 0 saturated carbocycles. The van der Waals surface area contributed by atoms with E-state index in [0.717, 1.165) is 5.75 Å². The molecule has 0 N–H and O–H groups in total. The van der Waals surface area contributed by atoms with E-state index in [0.29, 0.717) is 6.61 Å². The minimum Gasteiger partial charge on any atom is -0.490 e. The molecule has 1 aromatic carbocycles. The summed E-state index contributed by atoms with van der Waals surface area (Å²) in [6, 6.07) is 8.22. The number of benzene rings is 1. The molecule has 0 spiro atoms. The highest BCUT2D eigenvalue weighted by molar-refractivity contribution is 7.17. The van der Waals surface area contributed by atoms with Gasteiger partial charge in [-0.05, 0) is 35.0 Å². The standard InChI is InChI=1S/C11H10OS/c1-2-6-12-10-3-4-11-9(8-10)5-7-13-11/h2-5,7-8H,1,6H2. The highest BCUT2D eigenvalue weighted by Crippen LogP contribution is 2.24. The van der Waals surface area contributed by atoms with Crippen LogP contribution in [0.2, 0.25) is 0 Å². The normalized spacial score (nSPS) is 10.2. The fraction of sp³-hybridized carbons (Fsp3) is 0.0909. The average Bonchev–Trinajstić information content (AvgIpc) is 2.61. The summed E-state index contributed by atoms with van der Waals surface area (Å²) in [7, 11) is 0. The van der Waals surface area contributed by atoms with Crippen molar-refractivity contribution in [2.45, 2.75) is 0 Å². The number of fused-ring (bicyclic) bond motifs is 1. The lowest BCUT2D eigenvalue weighted by molar-refractivity contribution is 0.364. The minimum absolute atomic E-state index is 0.565. The van der Waals surface area contributed by atoms with Crippen LogP contribution in [0, 0.1) is 0 Å². The van der Waals surface area contributed by atoms with E-state index in [1.165, 1.54) is 10.1 Å². The average molecular weight is 190 g/mol. The van der Waals surface area contributed by atoms with Crippen LogP contribution < -0.4 is 4.74 Å². The molecular weight excluding hydrogens is 180 g/mol. The Bertz CT molecular complexity index is 417. The topological polar surface area (TPSA) is 9.23 Å². The monoisotopic (exact) mass is 190 g/mol. The van der Waals surface area contributed by atoms with E-state index in [4.69, 9.17) is 4.74 Å². The summed E-state index contributed by atoms with van der Waals surface area (Å²) in [5, 5.41) is 3.33. The first-order chi connectivity index (χ1) is 6.40. The Morgan fingerprint density at radius 1 is 1.38 bits per heavy atom. The first kappa shape index (κ1) is 8.32. The molecule has 0 aliphatic heterocycles. The molecule has 0 unspecified atom stereocenters. The van der Waals surface area contributed by atoms with Gasteiger partial charge in [0.25, 0.3) is 0 Å². The third kappa shape index (κ3) is 1.73. The molecule has 2 heteroatoms. The molecule has 2 rings (SSSR count). The lowest BCUT2D eigenvalue weighted by Gasteiger charge is -2.01. The van der Waals surface area contributed by atoms with Crippen molar-refractivity contribution in [2.75, 3.05) is 6.61 Å². The van der Waals surface area contributed by atoms with Crippen molar-refractivity contribution in [3.63, 3.8) is 0 Å². The molecule has 66 valence electrons. The van der Waals surface area contributed by atoms with Crippen LogP contribution in [0.15, 0.2) is 42.3 Å². The summed E-state index contributed by atoms with van der Waals surface area (Å²) in [4.78, 5) is 0. The van der Waals surface area contributed by atoms with E-state index in [-0.39, 0.29) is 0 Å². The van der Waals surface area contributed by atoms with Gasteiger partial charge in [0.2, 0.25) is 0 Å². The predicted molar refractivity (Wildman–Crippen MR) is 57.5 cm³/mol. The Kier molecular flexibility index (Phi) is 2.32. The van der Waals surface area contributed by atoms with Crippen molar-refractivity contribution in [2.24, 2.45) is 0 Å². The van der Waals surface area contributed by atoms with Crippen LogP contribution in [-0.4, -0.2) is 6.61 Å². The van der Waals surface area contributed by atoms with Gasteiger partial charge >= 0.3 is 0 Å². The van der Waals surface area contributed by atoms with Gasteiger partial charge in [-0.2, -0.15) is 0 Å². The predicted octanol–water partition coefficient (Wildman–Crippen LogP) is 3.47. The first-order valence-electron chi connectivity index (χ1n) is 4.11. The van der Waals surface area contributed by atoms with Gasteiger partial charge in [0.1, 0.15) is 12.4 Å². The number of thiophene rings is 1. The maximum absolute atomic E-state index is 5.42. The number of hydrogen-bond acceptors (Lipinski definition) is 2. The lowest BCUT2D eigenvalue weighted by Crippen LogP contribution is -1.91. The van der Waals surface area contributed by atoms with Gasteiger partial charge in [0.15, 0.2) is 0 Å². The van der Waals surface area contributed by atoms with Crippen molar-refractivity contribution in [3.05, 3.63) is 42.3 Å². The van der Waals surface area contributed by atoms with Crippen LogP contribution >= 0.6 is 11.3 Å². The largest absolute Gasteiger partial charge is 0.490 e. The highest BCUT2D eigenvalue weighted by atomic mass is 32.1. The van der Waals surface area contributed by atoms with Gasteiger partial charge in [-0.15, -0.1) is 11.3 Å². The number of rotatable bonds is 3. The Hall–Kier alpha value is -1.28. The van der Waals surface area contributed by atoms with Crippen LogP contribution in [0.3, 0.4) is 0 Å². The third-order valence-corrected chi connectivity index (χ3v) is 2.69. The second kappa shape index (κ2) is 3.62. The van der Waals surface area contributed by atoms with E-state index in [2.05, 4.69) is 30.2 Å². The molecule has 1 aromatic heterocycles. The minimum atomic E-state index is 0.565. The zero-order chi connectivity index (χ0) is 9.10. The van der Waals surface area contributed by atoms with Crippen molar-refractivity contribution in [1.82, 2.24) is 0 Å². The molecular formula is C11H10OS. The van der Waals surface area contributed by atoms with Crippen molar-refractivity contribution >= 4 is 21.4 Å². The summed E-state index contributed by atoms with van der Waals surface area (Å²) < 4.78 is 6.72. The Morgan fingerprint density at radius 2 is 2.31 bits per heavy atom. The molecule has 0 amide bonds. The van der Waals surface area contributed by atoms with Gasteiger partial charge in [-0.3, -0.25) is 0 Å². The molecule has 13 heavy (non-hydrogen) atoms. The zero-order valence-electron chi connectivity index (χ0n) is 7.19. The molecule has 0 aliphatic rings. The second-order valence-corrected chi connectivity index (χ2v) is 3.67. The van der Waals surface area contributed by atoms with Gasteiger partial charge < -0.3 is 4.74 Å². The van der Waals surface area contributed by atoms with Gasteiger partial charge in [-0.25, -0.2) is 0 Å². The van der Waals surface area contributed by atoms with Gasteiger partial charge in [0, 0.05) is 4.70 Å². The van der Waals surface area contributed by atoms with E-state index in [9.17, 15) is 0 Å². The van der Waals surface area contributed by atoms with Crippen LogP contribution in [0.4, 0.5) is 0 Å². The smallest absolute Gasteiger partial charge is 0.120 e. The van der Waals surface area contributed by atoms with Crippen molar-refractivity contribution in [1.29, 1.82) is 0 Å². The number of hydrogen-bond donors (Lipinski definition) is 0. The van der Waals surface area contributed by atoms with E-state index in [1.807, 2.05) is 6.07 Å². The van der Waals surface area contributed by atoms with E-state index < -0.39 is 0 Å². The molecule has 0 radical (unpaired) electrons. The first-order valence-corrected chi connectivity index (χ1v) is 4.99. The molecule has 0 saturated heterocycles. The molecule has 0 bridgehead atoms. The van der Waals surface area contributed by atoms with Crippen molar-refractivity contribution < 1.29 is 4.74 Å². The van der Waals surface area contributed by atoms with E-state index >= 15 is 0 Å². The highest BCUT2D eigenvalue weighted by Gasteiger charge is 1.96. The molecule has 1 heterocycles. The van der Waals surface area contributed by atoms with Crippen molar-refractivity contribution in [3.8, 4) is 5.75 Å². The Balaban J connectivity index is 2.31. The molecule has 2 aromatic rings. The molecule has 0 fully saturated rings. The van der Waals surface area contributed by atoms with Crippen LogP contribution in [0.25, 0.3) is 10.1 Å². The summed E-state index contributed by atoms with van der Waals surface area (Å²) in [5.41, 5.74) is 0. The maximum Gasteiger partial charge on any atom is 0.120 e. The summed E-state index contributed by atoms with van der Waals surface area (Å²) in [6.45, 7) is 4.17. The summed E-state index contributed by atoms with van der Waals surface area (Å²) in [5.74, 6) is 0.908. The third-order valence-electron chi connectivity index (χ3n) is 1.79. The second-order valence-electron chi connectivity index (χ2n) is 2.72. The summed E-state index contributed by atoms with van der Waals surface area (Å²) >= 11 is 1.74. The van der Waals surface area contributed by atoms with Crippen LogP contribution in [0.5, 0.6) is 5.75 Å². The van der Waals surface area contributed by atoms with Crippen LogP contribution in [-0.2, 0) is 0 Å². The maximum atomic E-state index is 5.42. The fourth-order valence-corrected chi connectivity index (χ4v) is 1.96. The van der Waals surface area contributed by atoms with E-state index in [1.54, 1.807) is 17.4 Å². The van der Waals surface area contributed by atoms with Gasteiger partial charge in [0.05, 0.1) is 0 Å². The fourth-order valence-electron chi connectivity index (χ4n) is 1.19. The summed E-state index contributed by atoms with van der Waals surface area (Å²) in [6.07, 6.45) is 1.75. The SMILES string of the molecule is C=CCOc1ccc2sccc2c1. The van der Waals surface area contributed by atoms with Crippen LogP contribution in [0.1, 0.15) is 0 Å². The molecule has 1 nitrogen and oxygen atoms in total.